The molecule has 200 valence electrons. The molecule has 1 aromatic heterocycles. The minimum Gasteiger partial charge on any atom is -0.497 e. The quantitative estimate of drug-likeness (QED) is 0.308. The summed E-state index contributed by atoms with van der Waals surface area (Å²) < 4.78 is 5.35. The van der Waals surface area contributed by atoms with Crippen LogP contribution in [-0.2, 0) is 14.4 Å². The number of carboxylic acids is 3. The van der Waals surface area contributed by atoms with Crippen molar-refractivity contribution in [3.63, 3.8) is 0 Å². The molecule has 2 bridgehead atoms. The number of aliphatic hydroxyl groups is 2. The van der Waals surface area contributed by atoms with E-state index in [4.69, 9.17) is 25.2 Å². The fourth-order valence-electron chi connectivity index (χ4n) is 5.16. The second kappa shape index (κ2) is 11.7. The van der Waals surface area contributed by atoms with E-state index in [9.17, 15) is 19.5 Å². The van der Waals surface area contributed by atoms with Crippen LogP contribution in [0.3, 0.4) is 0 Å². The van der Waals surface area contributed by atoms with Gasteiger partial charge in [-0.2, -0.15) is 0 Å². The first-order valence-corrected chi connectivity index (χ1v) is 11.9. The number of benzene rings is 1. The van der Waals surface area contributed by atoms with Gasteiger partial charge >= 0.3 is 17.9 Å². The van der Waals surface area contributed by atoms with E-state index in [0.717, 1.165) is 41.7 Å². The Bertz CT molecular complexity index is 1150. The van der Waals surface area contributed by atoms with Gasteiger partial charge < -0.3 is 30.3 Å². The number of fused-ring (bicyclic) bond motifs is 4. The monoisotopic (exact) mass is 516 g/mol. The van der Waals surface area contributed by atoms with Gasteiger partial charge in [0.05, 0.1) is 31.6 Å². The van der Waals surface area contributed by atoms with E-state index in [1.165, 1.54) is 6.42 Å². The zero-order chi connectivity index (χ0) is 27.3. The van der Waals surface area contributed by atoms with Crippen molar-refractivity contribution in [3.8, 4) is 5.75 Å². The van der Waals surface area contributed by atoms with Crippen LogP contribution in [0.1, 0.15) is 37.4 Å². The summed E-state index contributed by atoms with van der Waals surface area (Å²) in [4.78, 5) is 37.3. The van der Waals surface area contributed by atoms with Crippen molar-refractivity contribution in [2.24, 2.45) is 11.8 Å². The second-order valence-corrected chi connectivity index (χ2v) is 9.45. The third-order valence-electron chi connectivity index (χ3n) is 7.10. The van der Waals surface area contributed by atoms with Crippen molar-refractivity contribution in [1.82, 2.24) is 9.88 Å². The molecule has 3 saturated heterocycles. The number of hydrogen-bond donors (Lipinski definition) is 5. The molecule has 3 aliphatic rings. The number of pyridine rings is 1. The van der Waals surface area contributed by atoms with Gasteiger partial charge in [-0.15, -0.1) is 6.58 Å². The molecule has 5 atom stereocenters. The second-order valence-electron chi connectivity index (χ2n) is 9.45. The molecule has 5 rings (SSSR count). The summed E-state index contributed by atoms with van der Waals surface area (Å²) in [5, 5.41) is 45.9. The number of carbonyl (C=O) groups is 3. The molecule has 4 heterocycles. The van der Waals surface area contributed by atoms with Crippen molar-refractivity contribution in [1.29, 1.82) is 0 Å². The molecule has 11 heteroatoms. The zero-order valence-electron chi connectivity index (χ0n) is 20.5. The zero-order valence-corrected chi connectivity index (χ0v) is 20.5. The lowest BCUT2D eigenvalue weighted by atomic mass is 9.73. The van der Waals surface area contributed by atoms with Crippen molar-refractivity contribution in [3.05, 3.63) is 48.7 Å². The Kier molecular flexibility index (Phi) is 8.85. The molecule has 5 unspecified atom stereocenters. The van der Waals surface area contributed by atoms with Gasteiger partial charge in [0, 0.05) is 24.2 Å². The van der Waals surface area contributed by atoms with Gasteiger partial charge in [0.15, 0.2) is 5.60 Å². The SMILES string of the molecule is C=CC1CN2CCC1CC2C(O)c1ccnc2ccc(OC)cc12.O=C(O)CC(O)(CC(=O)O)C(=O)O. The number of hydrogen-bond acceptors (Lipinski definition) is 8. The molecule has 5 N–H and O–H groups in total. The molecule has 0 aliphatic carbocycles. The first kappa shape index (κ1) is 28.0. The van der Waals surface area contributed by atoms with Crippen LogP contribution in [-0.4, -0.2) is 85.2 Å². The largest absolute Gasteiger partial charge is 0.497 e. The third kappa shape index (κ3) is 6.43. The molecule has 0 radical (unpaired) electrons. The highest BCUT2D eigenvalue weighted by atomic mass is 16.5. The van der Waals surface area contributed by atoms with Crippen LogP contribution in [0, 0.1) is 11.8 Å². The van der Waals surface area contributed by atoms with Crippen molar-refractivity contribution >= 4 is 28.8 Å². The van der Waals surface area contributed by atoms with Gasteiger partial charge in [-0.05, 0) is 61.1 Å². The number of carboxylic acid groups (broad SMARTS) is 3. The van der Waals surface area contributed by atoms with Gasteiger partial charge in [0.1, 0.15) is 5.75 Å². The number of aromatic nitrogens is 1. The molecule has 0 saturated carbocycles. The van der Waals surface area contributed by atoms with Crippen LogP contribution < -0.4 is 4.74 Å². The smallest absolute Gasteiger partial charge is 0.336 e. The minimum absolute atomic E-state index is 0.178. The topological polar surface area (TPSA) is 178 Å². The number of ether oxygens (including phenoxy) is 1. The average Bonchev–Trinajstić information content (AvgIpc) is 2.87. The van der Waals surface area contributed by atoms with Gasteiger partial charge in [0.25, 0.3) is 0 Å². The molecule has 2 aromatic rings. The molecule has 1 aromatic carbocycles. The van der Waals surface area contributed by atoms with Crippen LogP contribution in [0.25, 0.3) is 10.9 Å². The predicted octanol–water partition coefficient (Wildman–Crippen LogP) is 1.92. The van der Waals surface area contributed by atoms with Crippen molar-refractivity contribution in [2.45, 2.75) is 43.4 Å². The van der Waals surface area contributed by atoms with Crippen molar-refractivity contribution in [2.75, 3.05) is 20.2 Å². The van der Waals surface area contributed by atoms with Crippen LogP contribution in [0.5, 0.6) is 5.75 Å². The standard InChI is InChI=1S/C20H24N2O2.C6H8O7/c1-3-13-12-22-9-7-14(13)10-19(22)20(23)16-6-8-21-18-5-4-15(24-2)11-17(16)18;7-3(8)1-6(13,5(11)12)2-4(9)10/h3-6,8,11,13-14,19-20,23H,1,7,9-10,12H2,2H3;13H,1-2H2,(H,7,8)(H,9,10)(H,11,12). The molecule has 0 amide bonds. The van der Waals surface area contributed by atoms with E-state index in [2.05, 4.69) is 22.5 Å². The normalized spacial score (nSPS) is 23.4. The maximum Gasteiger partial charge on any atom is 0.336 e. The fraction of sp³-hybridized carbons (Fsp3) is 0.462. The van der Waals surface area contributed by atoms with E-state index in [1.54, 1.807) is 13.3 Å². The Morgan fingerprint density at radius 1 is 1.22 bits per heavy atom. The predicted molar refractivity (Wildman–Crippen MR) is 132 cm³/mol. The summed E-state index contributed by atoms with van der Waals surface area (Å²) in [7, 11) is 1.66. The lowest BCUT2D eigenvalue weighted by molar-refractivity contribution is -0.170. The summed E-state index contributed by atoms with van der Waals surface area (Å²) in [6.45, 7) is 6.07. The third-order valence-corrected chi connectivity index (χ3v) is 7.10. The summed E-state index contributed by atoms with van der Waals surface area (Å²) >= 11 is 0. The van der Waals surface area contributed by atoms with Gasteiger partial charge in [-0.25, -0.2) is 4.79 Å². The number of aliphatic hydroxyl groups excluding tert-OH is 1. The molecular weight excluding hydrogens is 484 g/mol. The Hall–Kier alpha value is -3.54. The molecule has 3 aliphatic heterocycles. The van der Waals surface area contributed by atoms with Crippen LogP contribution in [0.4, 0.5) is 0 Å². The highest BCUT2D eigenvalue weighted by molar-refractivity contribution is 5.88. The van der Waals surface area contributed by atoms with Crippen LogP contribution in [0.2, 0.25) is 0 Å². The van der Waals surface area contributed by atoms with Gasteiger partial charge in [0.2, 0.25) is 0 Å². The van der Waals surface area contributed by atoms with Crippen LogP contribution in [0.15, 0.2) is 43.1 Å². The molecule has 3 fully saturated rings. The highest BCUT2D eigenvalue weighted by Gasteiger charge is 2.42. The summed E-state index contributed by atoms with van der Waals surface area (Å²) in [5.41, 5.74) is -0.892. The van der Waals surface area contributed by atoms with E-state index >= 15 is 0 Å². The van der Waals surface area contributed by atoms with E-state index in [1.807, 2.05) is 24.3 Å². The number of nitrogens with zero attached hydrogens (tertiary/aromatic N) is 2. The van der Waals surface area contributed by atoms with Crippen molar-refractivity contribution < 1.29 is 44.7 Å². The Morgan fingerprint density at radius 3 is 2.41 bits per heavy atom. The van der Waals surface area contributed by atoms with E-state index in [0.29, 0.717) is 11.8 Å². The van der Waals surface area contributed by atoms with E-state index in [-0.39, 0.29) is 6.04 Å². The van der Waals surface area contributed by atoms with E-state index < -0.39 is 42.5 Å². The number of aliphatic carboxylic acids is 3. The molecule has 11 nitrogen and oxygen atoms in total. The Balaban J connectivity index is 0.000000251. The number of rotatable bonds is 9. The first-order valence-electron chi connectivity index (χ1n) is 11.9. The Labute approximate surface area is 213 Å². The summed E-state index contributed by atoms with van der Waals surface area (Å²) in [5.74, 6) is -3.01. The van der Waals surface area contributed by atoms with Crippen LogP contribution >= 0.6 is 0 Å². The number of methoxy groups -OCH3 is 1. The minimum atomic E-state index is -2.74. The fourth-order valence-corrected chi connectivity index (χ4v) is 5.16. The van der Waals surface area contributed by atoms with Gasteiger partial charge in [-0.3, -0.25) is 19.5 Å². The average molecular weight is 517 g/mol. The maximum atomic E-state index is 11.2. The van der Waals surface area contributed by atoms with Gasteiger partial charge in [-0.1, -0.05) is 6.08 Å². The highest BCUT2D eigenvalue weighted by Crippen LogP contribution is 2.42. The molecule has 0 spiro atoms. The lowest BCUT2D eigenvalue weighted by Gasteiger charge is -2.50. The summed E-state index contributed by atoms with van der Waals surface area (Å²) in [6, 6.07) is 7.96. The Morgan fingerprint density at radius 2 is 1.89 bits per heavy atom. The lowest BCUT2D eigenvalue weighted by Crippen LogP contribution is -2.54. The summed E-state index contributed by atoms with van der Waals surface area (Å²) in [6.07, 6.45) is 3.33. The first-order chi connectivity index (χ1) is 17.5. The number of piperidine rings is 3. The maximum absolute atomic E-state index is 11.2. The molecular formula is C26H32N2O9. The molecule has 37 heavy (non-hydrogen) atoms.